The van der Waals surface area contributed by atoms with E-state index in [0.29, 0.717) is 49.8 Å². The van der Waals surface area contributed by atoms with E-state index >= 15 is 4.39 Å². The zero-order chi connectivity index (χ0) is 33.0. The number of hydrogen-bond acceptors (Lipinski definition) is 3. The molecule has 2 aromatic carbocycles. The molecular weight excluding hydrogens is 634 g/mol. The van der Waals surface area contributed by atoms with Gasteiger partial charge in [0.2, 0.25) is 5.91 Å². The van der Waals surface area contributed by atoms with E-state index in [9.17, 15) is 50.0 Å². The van der Waals surface area contributed by atoms with Crippen molar-refractivity contribution in [3.63, 3.8) is 0 Å². The summed E-state index contributed by atoms with van der Waals surface area (Å²) >= 11 is -2.08. The predicted molar refractivity (Wildman–Crippen MR) is 147 cm³/mol. The van der Waals surface area contributed by atoms with Crippen molar-refractivity contribution < 1.29 is 54.4 Å². The molecule has 1 N–H and O–H groups in total. The molecule has 14 heteroatoms. The first-order valence-corrected chi connectivity index (χ1v) is 15.7. The van der Waals surface area contributed by atoms with Gasteiger partial charge in [-0.1, -0.05) is 36.4 Å². The van der Waals surface area contributed by atoms with Crippen molar-refractivity contribution >= 4 is 23.1 Å². The Morgan fingerprint density at radius 2 is 1.42 bits per heavy atom. The number of alkyl halides is 8. The molecule has 2 atom stereocenters. The highest BCUT2D eigenvalue weighted by Gasteiger charge is 2.73. The zero-order valence-electron chi connectivity index (χ0n) is 23.9. The van der Waals surface area contributed by atoms with E-state index in [-0.39, 0.29) is 48.7 Å². The van der Waals surface area contributed by atoms with Gasteiger partial charge in [-0.3, -0.25) is 9.59 Å². The fourth-order valence-corrected chi connectivity index (χ4v) is 8.48. The van der Waals surface area contributed by atoms with Crippen LogP contribution >= 0.6 is 0 Å². The monoisotopic (exact) mass is 665 g/mol. The Hall–Kier alpha value is -2.87. The van der Waals surface area contributed by atoms with Gasteiger partial charge >= 0.3 is 24.0 Å². The minimum Gasteiger partial charge on any atom is -0.611 e. The van der Waals surface area contributed by atoms with Crippen LogP contribution in [0.25, 0.3) is 0 Å². The SMILES string of the molecule is O=C(O)[C@H]1CC[C@H](C(=O)N2CCC(c3ccc(C(F)(C(F)(F)F)C(F)(F)F)cc3)([S+]([O-])c3cccc(C4(F)CCC4)c3)C2)CC1. The zero-order valence-corrected chi connectivity index (χ0v) is 24.7. The van der Waals surface area contributed by atoms with Gasteiger partial charge in [-0.05, 0) is 73.8 Å². The Bertz CT molecular complexity index is 1410. The van der Waals surface area contributed by atoms with Gasteiger partial charge in [0.1, 0.15) is 5.67 Å². The van der Waals surface area contributed by atoms with Crippen molar-refractivity contribution in [2.45, 2.75) is 84.7 Å². The standard InChI is InChI=1S/C31H31F8NO4S/c32-27(13-2-14-27)23-3-1-4-24(17-23)45(44)28(15-16-40(18-28)25(41)19-5-7-20(8-6-19)26(42)43)21-9-11-22(12-10-21)29(33,30(34,35)36)31(37,38)39/h1,3-4,9-12,17,19-20H,2,5-8,13-16,18H2,(H,42,43)/t19-,20-,28?,45?. The summed E-state index contributed by atoms with van der Waals surface area (Å²) in [5.74, 6) is -2.36. The normalized spacial score (nSPS) is 26.3. The highest BCUT2D eigenvalue weighted by atomic mass is 32.2. The summed E-state index contributed by atoms with van der Waals surface area (Å²) in [6.07, 6.45) is -10.2. The van der Waals surface area contributed by atoms with E-state index < -0.39 is 63.0 Å². The van der Waals surface area contributed by atoms with E-state index in [1.54, 1.807) is 6.07 Å². The molecule has 2 saturated carbocycles. The van der Waals surface area contributed by atoms with E-state index in [4.69, 9.17) is 0 Å². The van der Waals surface area contributed by atoms with Gasteiger partial charge in [0, 0.05) is 30.0 Å². The summed E-state index contributed by atoms with van der Waals surface area (Å²) in [7, 11) is 0. The number of carbonyl (C=O) groups is 2. The number of carboxylic acid groups (broad SMARTS) is 1. The second kappa shape index (κ2) is 11.7. The Morgan fingerprint density at radius 3 is 1.93 bits per heavy atom. The van der Waals surface area contributed by atoms with Gasteiger partial charge in [0.05, 0.1) is 12.5 Å². The Labute approximate surface area is 257 Å². The lowest BCUT2D eigenvalue weighted by atomic mass is 9.77. The molecule has 3 aliphatic rings. The highest BCUT2D eigenvalue weighted by Crippen LogP contribution is 2.54. The number of nitrogens with zero attached hydrogens (tertiary/aromatic N) is 1. The van der Waals surface area contributed by atoms with Crippen LogP contribution in [0.5, 0.6) is 0 Å². The molecule has 246 valence electrons. The van der Waals surface area contributed by atoms with Gasteiger partial charge in [0.25, 0.3) is 0 Å². The van der Waals surface area contributed by atoms with Crippen molar-refractivity contribution in [3.8, 4) is 0 Å². The lowest BCUT2D eigenvalue weighted by Crippen LogP contribution is -2.50. The molecule has 0 spiro atoms. The molecule has 2 aromatic rings. The second-order valence-electron chi connectivity index (χ2n) is 12.2. The number of likely N-dealkylation sites (tertiary alicyclic amines) is 1. The Balaban J connectivity index is 1.50. The first-order chi connectivity index (χ1) is 20.9. The van der Waals surface area contributed by atoms with Crippen LogP contribution in [0.3, 0.4) is 0 Å². The average molecular weight is 666 g/mol. The summed E-state index contributed by atoms with van der Waals surface area (Å²) in [6, 6.07) is 8.46. The molecule has 5 nitrogen and oxygen atoms in total. The second-order valence-corrected chi connectivity index (χ2v) is 14.0. The first kappa shape index (κ1) is 33.5. The molecule has 1 aliphatic heterocycles. The fraction of sp³-hybridized carbons (Fsp3) is 0.548. The molecule has 0 bridgehead atoms. The highest BCUT2D eigenvalue weighted by molar-refractivity contribution is 7.92. The maximum absolute atomic E-state index is 15.3. The molecular formula is C31H31F8NO4S. The number of halogens is 8. The molecule has 5 rings (SSSR count). The smallest absolute Gasteiger partial charge is 0.435 e. The molecule has 2 aliphatic carbocycles. The fourth-order valence-electron chi connectivity index (χ4n) is 6.69. The summed E-state index contributed by atoms with van der Waals surface area (Å²) in [4.78, 5) is 26.5. The first-order valence-electron chi connectivity index (χ1n) is 14.6. The minimum atomic E-state index is -6.31. The van der Waals surface area contributed by atoms with Crippen molar-refractivity contribution in [1.82, 2.24) is 4.90 Å². The van der Waals surface area contributed by atoms with Crippen molar-refractivity contribution in [2.75, 3.05) is 13.1 Å². The van der Waals surface area contributed by atoms with Gasteiger partial charge in [0.15, 0.2) is 9.64 Å². The number of rotatable bonds is 7. The van der Waals surface area contributed by atoms with Crippen molar-refractivity contribution in [2.24, 2.45) is 11.8 Å². The topological polar surface area (TPSA) is 80.7 Å². The Kier molecular flexibility index (Phi) is 8.73. The predicted octanol–water partition coefficient (Wildman–Crippen LogP) is 7.45. The summed E-state index contributed by atoms with van der Waals surface area (Å²) < 4.78 is 123. The van der Waals surface area contributed by atoms with E-state index in [2.05, 4.69) is 0 Å². The largest absolute Gasteiger partial charge is 0.611 e. The summed E-state index contributed by atoms with van der Waals surface area (Å²) in [6.45, 7) is -0.170. The van der Waals surface area contributed by atoms with Crippen molar-refractivity contribution in [3.05, 3.63) is 65.2 Å². The van der Waals surface area contributed by atoms with Crippen LogP contribution in [0.4, 0.5) is 35.1 Å². The lowest BCUT2D eigenvalue weighted by molar-refractivity contribution is -0.348. The molecule has 0 radical (unpaired) electrons. The molecule has 0 aromatic heterocycles. The molecule has 1 saturated heterocycles. The maximum Gasteiger partial charge on any atom is 0.435 e. The summed E-state index contributed by atoms with van der Waals surface area (Å²) in [5.41, 5.74) is -8.63. The van der Waals surface area contributed by atoms with Crippen LogP contribution in [0, 0.1) is 11.8 Å². The molecule has 1 heterocycles. The van der Waals surface area contributed by atoms with Gasteiger partial charge in [-0.25, -0.2) is 8.78 Å². The molecule has 2 unspecified atom stereocenters. The van der Waals surface area contributed by atoms with Crippen LogP contribution in [-0.4, -0.2) is 51.9 Å². The number of hydrogen-bond donors (Lipinski definition) is 1. The summed E-state index contributed by atoms with van der Waals surface area (Å²) in [5, 5.41) is 9.29. The van der Waals surface area contributed by atoms with Crippen LogP contribution in [0.1, 0.15) is 68.1 Å². The van der Waals surface area contributed by atoms with Gasteiger partial charge < -0.3 is 14.6 Å². The number of amides is 1. The number of benzene rings is 2. The third-order valence-corrected chi connectivity index (χ3v) is 11.6. The van der Waals surface area contributed by atoms with Crippen LogP contribution in [0.2, 0.25) is 0 Å². The lowest BCUT2D eigenvalue weighted by Gasteiger charge is -2.36. The average Bonchev–Trinajstić information content (AvgIpc) is 3.44. The van der Waals surface area contributed by atoms with E-state index in [0.717, 1.165) is 12.1 Å². The minimum absolute atomic E-state index is 0.000522. The van der Waals surface area contributed by atoms with Crippen LogP contribution < -0.4 is 0 Å². The van der Waals surface area contributed by atoms with Gasteiger partial charge in [-0.2, -0.15) is 26.3 Å². The maximum atomic E-state index is 15.3. The third-order valence-electron chi connectivity index (χ3n) is 9.63. The van der Waals surface area contributed by atoms with Crippen LogP contribution in [-0.2, 0) is 36.8 Å². The number of carboxylic acids is 1. The molecule has 3 fully saturated rings. The quantitative estimate of drug-likeness (QED) is 0.246. The van der Waals surface area contributed by atoms with E-state index in [1.165, 1.54) is 23.1 Å². The number of aliphatic carboxylic acids is 1. The molecule has 1 amide bonds. The van der Waals surface area contributed by atoms with E-state index in [1.807, 2.05) is 0 Å². The molecule has 45 heavy (non-hydrogen) atoms. The van der Waals surface area contributed by atoms with Crippen LogP contribution in [0.15, 0.2) is 53.4 Å². The third kappa shape index (κ3) is 5.81. The number of carbonyl (C=O) groups excluding carboxylic acids is 1. The van der Waals surface area contributed by atoms with Gasteiger partial charge in [-0.15, -0.1) is 0 Å². The Morgan fingerprint density at radius 1 is 0.844 bits per heavy atom. The van der Waals surface area contributed by atoms with Crippen molar-refractivity contribution in [1.29, 1.82) is 0 Å².